The molecule has 0 amide bonds. The first-order valence-electron chi connectivity index (χ1n) is 6.77. The third kappa shape index (κ3) is 1.87. The van der Waals surface area contributed by atoms with E-state index in [1.807, 2.05) is 32.9 Å². The number of hydrogen-bond acceptors (Lipinski definition) is 4. The number of hydrogen-bond donors (Lipinski definition) is 0. The Bertz CT molecular complexity index is 611. The molecule has 0 bridgehead atoms. The largest absolute Gasteiger partial charge is 0.452 e. The van der Waals surface area contributed by atoms with E-state index in [-0.39, 0.29) is 11.9 Å². The van der Waals surface area contributed by atoms with Crippen LogP contribution in [0.3, 0.4) is 0 Å². The second-order valence-corrected chi connectivity index (χ2v) is 5.49. The van der Waals surface area contributed by atoms with Crippen molar-refractivity contribution >= 4 is 5.78 Å². The number of ketones is 1. The van der Waals surface area contributed by atoms with Gasteiger partial charge in [-0.25, -0.2) is 0 Å². The molecule has 2 aliphatic heterocycles. The van der Waals surface area contributed by atoms with Crippen LogP contribution in [0.15, 0.2) is 23.5 Å². The maximum absolute atomic E-state index is 12.3. The number of carbonyl (C=O) groups is 1. The van der Waals surface area contributed by atoms with Crippen LogP contribution in [0.1, 0.15) is 48.5 Å². The van der Waals surface area contributed by atoms with Crippen molar-refractivity contribution in [3.05, 3.63) is 40.2 Å². The van der Waals surface area contributed by atoms with Gasteiger partial charge in [-0.05, 0) is 44.4 Å². The summed E-state index contributed by atoms with van der Waals surface area (Å²) in [5.41, 5.74) is 3.45. The van der Waals surface area contributed by atoms with Crippen molar-refractivity contribution < 1.29 is 19.0 Å². The minimum Gasteiger partial charge on any atom is -0.452 e. The Morgan fingerprint density at radius 2 is 2.10 bits per heavy atom. The summed E-state index contributed by atoms with van der Waals surface area (Å²) in [5.74, 6) is 0.959. The van der Waals surface area contributed by atoms with Gasteiger partial charge in [0.2, 0.25) is 5.78 Å². The zero-order valence-corrected chi connectivity index (χ0v) is 12.1. The first kappa shape index (κ1) is 13.3. The standard InChI is InChI=1S/C16H18O4/c1-8(2)14-13(17)11-6-5-10-7-9(3)19-16(18-4)12(10)15(11)20-14/h5-6,9,16H,7H2,1-4H3/t9-,16-/m0/s1. The number of ether oxygens (including phenoxy) is 3. The van der Waals surface area contributed by atoms with Crippen LogP contribution in [0.25, 0.3) is 0 Å². The van der Waals surface area contributed by atoms with Gasteiger partial charge in [-0.1, -0.05) is 6.07 Å². The SMILES string of the molecule is CO[C@H]1O[C@@H](C)Cc2ccc3c(c21)OC(=C(C)C)C3=O. The van der Waals surface area contributed by atoms with Gasteiger partial charge in [-0.2, -0.15) is 0 Å². The quantitative estimate of drug-likeness (QED) is 0.738. The van der Waals surface area contributed by atoms with E-state index in [1.165, 1.54) is 0 Å². The Kier molecular flexibility index (Phi) is 3.15. The van der Waals surface area contributed by atoms with Gasteiger partial charge >= 0.3 is 0 Å². The fourth-order valence-corrected chi connectivity index (χ4v) is 2.78. The molecule has 0 spiro atoms. The highest BCUT2D eigenvalue weighted by Gasteiger charge is 2.37. The third-order valence-electron chi connectivity index (χ3n) is 3.71. The van der Waals surface area contributed by atoms with E-state index >= 15 is 0 Å². The molecule has 0 saturated carbocycles. The highest BCUT2D eigenvalue weighted by molar-refractivity contribution is 6.13. The predicted octanol–water partition coefficient (Wildman–Crippen LogP) is 3.16. The highest BCUT2D eigenvalue weighted by Crippen LogP contribution is 2.44. The van der Waals surface area contributed by atoms with Crippen LogP contribution < -0.4 is 4.74 Å². The Labute approximate surface area is 118 Å². The molecule has 20 heavy (non-hydrogen) atoms. The number of methoxy groups -OCH3 is 1. The summed E-state index contributed by atoms with van der Waals surface area (Å²) in [6.07, 6.45) is 0.406. The molecule has 4 heteroatoms. The van der Waals surface area contributed by atoms with E-state index in [0.717, 1.165) is 23.1 Å². The second-order valence-electron chi connectivity index (χ2n) is 5.49. The van der Waals surface area contributed by atoms with Crippen LogP contribution in [0.2, 0.25) is 0 Å². The summed E-state index contributed by atoms with van der Waals surface area (Å²) in [5, 5.41) is 0. The maximum atomic E-state index is 12.3. The summed E-state index contributed by atoms with van der Waals surface area (Å²) in [6.45, 7) is 5.76. The van der Waals surface area contributed by atoms with Gasteiger partial charge in [0.05, 0.1) is 17.2 Å². The van der Waals surface area contributed by atoms with Crippen LogP contribution in [-0.2, 0) is 15.9 Å². The van der Waals surface area contributed by atoms with Crippen LogP contribution in [0, 0.1) is 0 Å². The second kappa shape index (κ2) is 4.72. The lowest BCUT2D eigenvalue weighted by atomic mass is 9.94. The highest BCUT2D eigenvalue weighted by atomic mass is 16.7. The average Bonchev–Trinajstić information content (AvgIpc) is 2.75. The van der Waals surface area contributed by atoms with Gasteiger partial charge in [0.25, 0.3) is 0 Å². The molecule has 106 valence electrons. The molecule has 2 aliphatic rings. The normalized spacial score (nSPS) is 24.2. The van der Waals surface area contributed by atoms with Crippen LogP contribution >= 0.6 is 0 Å². The van der Waals surface area contributed by atoms with E-state index in [1.54, 1.807) is 7.11 Å². The first-order chi connectivity index (χ1) is 9.52. The Balaban J connectivity index is 2.17. The zero-order valence-electron chi connectivity index (χ0n) is 12.1. The fraction of sp³-hybridized carbons (Fsp3) is 0.438. The summed E-state index contributed by atoms with van der Waals surface area (Å²) in [6, 6.07) is 3.82. The van der Waals surface area contributed by atoms with Crippen molar-refractivity contribution in [3.63, 3.8) is 0 Å². The molecule has 0 N–H and O–H groups in total. The van der Waals surface area contributed by atoms with E-state index < -0.39 is 6.29 Å². The number of benzene rings is 1. The van der Waals surface area contributed by atoms with Crippen LogP contribution in [-0.4, -0.2) is 19.0 Å². The zero-order chi connectivity index (χ0) is 14.4. The third-order valence-corrected chi connectivity index (χ3v) is 3.71. The molecule has 4 nitrogen and oxygen atoms in total. The van der Waals surface area contributed by atoms with Crippen LogP contribution in [0.4, 0.5) is 0 Å². The van der Waals surface area contributed by atoms with Gasteiger partial charge in [0, 0.05) is 7.11 Å². The molecule has 1 aromatic rings. The molecule has 2 atom stereocenters. The number of Topliss-reactive ketones (excluding diaryl/α,β-unsaturated/α-hetero) is 1. The lowest BCUT2D eigenvalue weighted by Crippen LogP contribution is -2.25. The van der Waals surface area contributed by atoms with E-state index in [4.69, 9.17) is 14.2 Å². The Hall–Kier alpha value is -1.65. The van der Waals surface area contributed by atoms with Gasteiger partial charge in [0.1, 0.15) is 5.75 Å². The minimum atomic E-state index is -0.479. The molecule has 0 unspecified atom stereocenters. The molecule has 0 fully saturated rings. The maximum Gasteiger partial charge on any atom is 0.231 e. The number of fused-ring (bicyclic) bond motifs is 3. The van der Waals surface area contributed by atoms with E-state index in [9.17, 15) is 4.79 Å². The molecule has 3 rings (SSSR count). The van der Waals surface area contributed by atoms with Crippen molar-refractivity contribution in [1.29, 1.82) is 0 Å². The minimum absolute atomic E-state index is 0.0590. The average molecular weight is 274 g/mol. The van der Waals surface area contributed by atoms with Gasteiger partial charge in [0.15, 0.2) is 12.0 Å². The molecule has 0 saturated heterocycles. The van der Waals surface area contributed by atoms with Gasteiger partial charge < -0.3 is 14.2 Å². The molecule has 2 heterocycles. The summed E-state index contributed by atoms with van der Waals surface area (Å²) in [7, 11) is 1.60. The van der Waals surface area contributed by atoms with Gasteiger partial charge in [-0.15, -0.1) is 0 Å². The molecular formula is C16H18O4. The van der Waals surface area contributed by atoms with Crippen molar-refractivity contribution in [3.8, 4) is 5.75 Å². The molecule has 1 aromatic carbocycles. The van der Waals surface area contributed by atoms with Crippen molar-refractivity contribution in [2.24, 2.45) is 0 Å². The summed E-state index contributed by atoms with van der Waals surface area (Å²) >= 11 is 0. The van der Waals surface area contributed by atoms with Crippen LogP contribution in [0.5, 0.6) is 5.75 Å². The predicted molar refractivity (Wildman–Crippen MR) is 73.8 cm³/mol. The Morgan fingerprint density at radius 1 is 1.35 bits per heavy atom. The molecule has 0 aliphatic carbocycles. The van der Waals surface area contributed by atoms with Crippen molar-refractivity contribution in [2.45, 2.75) is 39.6 Å². The van der Waals surface area contributed by atoms with E-state index in [0.29, 0.717) is 17.1 Å². The molecule has 0 radical (unpaired) electrons. The monoisotopic (exact) mass is 274 g/mol. The summed E-state index contributed by atoms with van der Waals surface area (Å²) in [4.78, 5) is 12.3. The van der Waals surface area contributed by atoms with Gasteiger partial charge in [-0.3, -0.25) is 4.79 Å². The molecular weight excluding hydrogens is 256 g/mol. The van der Waals surface area contributed by atoms with Crippen molar-refractivity contribution in [1.82, 2.24) is 0 Å². The first-order valence-corrected chi connectivity index (χ1v) is 6.77. The smallest absolute Gasteiger partial charge is 0.231 e. The Morgan fingerprint density at radius 3 is 2.75 bits per heavy atom. The summed E-state index contributed by atoms with van der Waals surface area (Å²) < 4.78 is 17.0. The fourth-order valence-electron chi connectivity index (χ4n) is 2.78. The number of rotatable bonds is 1. The number of allylic oxidation sites excluding steroid dienone is 2. The number of carbonyl (C=O) groups excluding carboxylic acids is 1. The van der Waals surface area contributed by atoms with Crippen molar-refractivity contribution in [2.75, 3.05) is 7.11 Å². The lowest BCUT2D eigenvalue weighted by Gasteiger charge is -2.30. The molecule has 0 aromatic heterocycles. The lowest BCUT2D eigenvalue weighted by molar-refractivity contribution is -0.163. The topological polar surface area (TPSA) is 44.8 Å². The van der Waals surface area contributed by atoms with E-state index in [2.05, 4.69) is 0 Å².